The van der Waals surface area contributed by atoms with Gasteiger partial charge in [0.25, 0.3) is 0 Å². The zero-order chi connectivity index (χ0) is 14.4. The SMILES string of the molecule is COC(=O)COc1ccc(Cl)c(CN2CCNCC2)c1. The van der Waals surface area contributed by atoms with Crippen LogP contribution in [0.15, 0.2) is 18.2 Å². The quantitative estimate of drug-likeness (QED) is 0.831. The molecule has 2 rings (SSSR count). The number of rotatable bonds is 5. The molecule has 0 amide bonds. The highest BCUT2D eigenvalue weighted by molar-refractivity contribution is 6.31. The molecule has 1 aliphatic rings. The van der Waals surface area contributed by atoms with Gasteiger partial charge in [0.05, 0.1) is 7.11 Å². The number of esters is 1. The summed E-state index contributed by atoms with van der Waals surface area (Å²) in [6.07, 6.45) is 0. The number of ether oxygens (including phenoxy) is 2. The maximum absolute atomic E-state index is 11.1. The first kappa shape index (κ1) is 15.1. The summed E-state index contributed by atoms with van der Waals surface area (Å²) in [6.45, 7) is 4.70. The monoisotopic (exact) mass is 298 g/mol. The number of halogens is 1. The van der Waals surface area contributed by atoms with E-state index in [1.807, 2.05) is 6.07 Å². The Kier molecular flexibility index (Phi) is 5.64. The van der Waals surface area contributed by atoms with Gasteiger partial charge in [-0.2, -0.15) is 0 Å². The fourth-order valence-corrected chi connectivity index (χ4v) is 2.25. The maximum atomic E-state index is 11.1. The molecule has 0 aliphatic carbocycles. The van der Waals surface area contributed by atoms with Crippen LogP contribution in [0, 0.1) is 0 Å². The van der Waals surface area contributed by atoms with E-state index in [0.29, 0.717) is 10.8 Å². The molecule has 1 heterocycles. The van der Waals surface area contributed by atoms with Crippen molar-refractivity contribution in [1.82, 2.24) is 10.2 Å². The number of benzene rings is 1. The molecule has 0 atom stereocenters. The van der Waals surface area contributed by atoms with Crippen molar-refractivity contribution in [2.45, 2.75) is 6.54 Å². The molecule has 1 saturated heterocycles. The summed E-state index contributed by atoms with van der Waals surface area (Å²) in [6, 6.07) is 5.44. The van der Waals surface area contributed by atoms with Crippen molar-refractivity contribution in [3.8, 4) is 5.75 Å². The number of methoxy groups -OCH3 is 1. The summed E-state index contributed by atoms with van der Waals surface area (Å²) in [5.41, 5.74) is 1.01. The van der Waals surface area contributed by atoms with Crippen molar-refractivity contribution in [2.75, 3.05) is 39.9 Å². The van der Waals surface area contributed by atoms with Gasteiger partial charge < -0.3 is 14.8 Å². The van der Waals surface area contributed by atoms with E-state index in [1.165, 1.54) is 7.11 Å². The Bertz CT molecular complexity index is 462. The number of carbonyl (C=O) groups excluding carboxylic acids is 1. The summed E-state index contributed by atoms with van der Waals surface area (Å²) in [5, 5.41) is 4.03. The Balaban J connectivity index is 1.98. The van der Waals surface area contributed by atoms with Gasteiger partial charge in [0, 0.05) is 37.7 Å². The predicted molar refractivity (Wildman–Crippen MR) is 77.1 cm³/mol. The molecule has 1 N–H and O–H groups in total. The predicted octanol–water partition coefficient (Wildman–Crippen LogP) is 1.30. The van der Waals surface area contributed by atoms with E-state index in [4.69, 9.17) is 16.3 Å². The first-order valence-corrected chi connectivity index (χ1v) is 6.98. The third-order valence-electron chi connectivity index (χ3n) is 3.21. The molecule has 0 spiro atoms. The molecule has 0 saturated carbocycles. The second-order valence-electron chi connectivity index (χ2n) is 4.64. The van der Waals surface area contributed by atoms with Crippen molar-refractivity contribution in [2.24, 2.45) is 0 Å². The normalized spacial score (nSPS) is 15.9. The molecule has 1 aliphatic heterocycles. The maximum Gasteiger partial charge on any atom is 0.343 e. The van der Waals surface area contributed by atoms with E-state index in [9.17, 15) is 4.79 Å². The van der Waals surface area contributed by atoms with Crippen molar-refractivity contribution in [1.29, 1.82) is 0 Å². The zero-order valence-electron chi connectivity index (χ0n) is 11.5. The highest BCUT2D eigenvalue weighted by Crippen LogP contribution is 2.23. The third-order valence-corrected chi connectivity index (χ3v) is 3.57. The average molecular weight is 299 g/mol. The van der Waals surface area contributed by atoms with Crippen LogP contribution in [0.25, 0.3) is 0 Å². The van der Waals surface area contributed by atoms with Crippen molar-refractivity contribution in [3.63, 3.8) is 0 Å². The Labute approximate surface area is 123 Å². The minimum Gasteiger partial charge on any atom is -0.482 e. The van der Waals surface area contributed by atoms with Crippen molar-refractivity contribution < 1.29 is 14.3 Å². The Morgan fingerprint density at radius 3 is 2.85 bits per heavy atom. The van der Waals surface area contributed by atoms with Crippen molar-refractivity contribution >= 4 is 17.6 Å². The van der Waals surface area contributed by atoms with Crippen LogP contribution in [0.1, 0.15) is 5.56 Å². The topological polar surface area (TPSA) is 50.8 Å². The molecule has 0 unspecified atom stereocenters. The second kappa shape index (κ2) is 7.47. The summed E-state index contributed by atoms with van der Waals surface area (Å²) < 4.78 is 9.92. The van der Waals surface area contributed by atoms with E-state index in [-0.39, 0.29) is 6.61 Å². The lowest BCUT2D eigenvalue weighted by molar-refractivity contribution is -0.142. The van der Waals surface area contributed by atoms with E-state index in [1.54, 1.807) is 12.1 Å². The highest BCUT2D eigenvalue weighted by atomic mass is 35.5. The highest BCUT2D eigenvalue weighted by Gasteiger charge is 2.12. The van der Waals surface area contributed by atoms with Gasteiger partial charge in [0.1, 0.15) is 5.75 Å². The molecule has 20 heavy (non-hydrogen) atoms. The Morgan fingerprint density at radius 2 is 2.15 bits per heavy atom. The summed E-state index contributed by atoms with van der Waals surface area (Å²) >= 11 is 6.22. The van der Waals surface area contributed by atoms with Gasteiger partial charge in [0.15, 0.2) is 6.61 Å². The van der Waals surface area contributed by atoms with Gasteiger partial charge in [0.2, 0.25) is 0 Å². The number of hydrogen-bond acceptors (Lipinski definition) is 5. The number of piperazine rings is 1. The smallest absolute Gasteiger partial charge is 0.343 e. The zero-order valence-corrected chi connectivity index (χ0v) is 12.3. The Morgan fingerprint density at radius 1 is 1.40 bits per heavy atom. The fourth-order valence-electron chi connectivity index (χ4n) is 2.07. The molecular formula is C14H19ClN2O3. The van der Waals surface area contributed by atoms with E-state index >= 15 is 0 Å². The average Bonchev–Trinajstić information content (AvgIpc) is 2.48. The van der Waals surface area contributed by atoms with Gasteiger partial charge in [-0.25, -0.2) is 4.79 Å². The molecule has 0 radical (unpaired) electrons. The van der Waals surface area contributed by atoms with E-state index in [2.05, 4.69) is 15.0 Å². The molecular weight excluding hydrogens is 280 g/mol. The van der Waals surface area contributed by atoms with Gasteiger partial charge in [-0.3, -0.25) is 4.90 Å². The lowest BCUT2D eigenvalue weighted by Gasteiger charge is -2.27. The lowest BCUT2D eigenvalue weighted by Crippen LogP contribution is -2.42. The molecule has 0 bridgehead atoms. The van der Waals surface area contributed by atoms with E-state index in [0.717, 1.165) is 38.3 Å². The molecule has 1 aromatic carbocycles. The van der Waals surface area contributed by atoms with Crippen LogP contribution in [-0.4, -0.2) is 50.8 Å². The summed E-state index contributed by atoms with van der Waals surface area (Å²) in [4.78, 5) is 13.4. The van der Waals surface area contributed by atoms with Gasteiger partial charge in [-0.05, 0) is 23.8 Å². The van der Waals surface area contributed by atoms with Crippen LogP contribution in [0.2, 0.25) is 5.02 Å². The van der Waals surface area contributed by atoms with Crippen LogP contribution >= 0.6 is 11.6 Å². The first-order valence-electron chi connectivity index (χ1n) is 6.60. The fraction of sp³-hybridized carbons (Fsp3) is 0.500. The van der Waals surface area contributed by atoms with E-state index < -0.39 is 5.97 Å². The molecule has 6 heteroatoms. The first-order chi connectivity index (χ1) is 9.69. The number of hydrogen-bond donors (Lipinski definition) is 1. The Hall–Kier alpha value is -1.30. The minimum atomic E-state index is -0.399. The van der Waals surface area contributed by atoms with Crippen LogP contribution in [-0.2, 0) is 16.1 Å². The number of nitrogens with one attached hydrogen (secondary N) is 1. The molecule has 110 valence electrons. The molecule has 0 aromatic heterocycles. The van der Waals surface area contributed by atoms with Crippen LogP contribution in [0.4, 0.5) is 0 Å². The van der Waals surface area contributed by atoms with Crippen molar-refractivity contribution in [3.05, 3.63) is 28.8 Å². The third kappa shape index (κ3) is 4.37. The van der Waals surface area contributed by atoms with Gasteiger partial charge in [-0.1, -0.05) is 11.6 Å². The second-order valence-corrected chi connectivity index (χ2v) is 5.05. The molecule has 1 aromatic rings. The standard InChI is InChI=1S/C14H19ClN2O3/c1-19-14(18)10-20-12-2-3-13(15)11(8-12)9-17-6-4-16-5-7-17/h2-3,8,16H,4-7,9-10H2,1H3. The number of carbonyl (C=O) groups is 1. The van der Waals surface area contributed by atoms with Crippen LogP contribution in [0.3, 0.4) is 0 Å². The van der Waals surface area contributed by atoms with Gasteiger partial charge in [-0.15, -0.1) is 0 Å². The van der Waals surface area contributed by atoms with Gasteiger partial charge >= 0.3 is 5.97 Å². The van der Waals surface area contributed by atoms with Crippen LogP contribution in [0.5, 0.6) is 5.75 Å². The lowest BCUT2D eigenvalue weighted by atomic mass is 10.2. The molecule has 1 fully saturated rings. The minimum absolute atomic E-state index is 0.0921. The van der Waals surface area contributed by atoms with Crippen LogP contribution < -0.4 is 10.1 Å². The largest absolute Gasteiger partial charge is 0.482 e. The summed E-state index contributed by atoms with van der Waals surface area (Å²) in [7, 11) is 1.34. The molecule has 5 nitrogen and oxygen atoms in total. The number of nitrogens with zero attached hydrogens (tertiary/aromatic N) is 1. The summed E-state index contributed by atoms with van der Waals surface area (Å²) in [5.74, 6) is 0.230.